The number of nitrogens with zero attached hydrogens (tertiary/aromatic N) is 2. The number of rotatable bonds is 2. The van der Waals surface area contributed by atoms with E-state index in [1.54, 1.807) is 0 Å². The van der Waals surface area contributed by atoms with Gasteiger partial charge in [-0.25, -0.2) is 0 Å². The molecule has 3 atom stereocenters. The van der Waals surface area contributed by atoms with Crippen molar-refractivity contribution < 1.29 is 9.85 Å². The third-order valence-electron chi connectivity index (χ3n) is 2.26. The summed E-state index contributed by atoms with van der Waals surface area (Å²) in [4.78, 5) is 13.7. The molecule has 0 saturated carbocycles. The number of hydrogen-bond donors (Lipinski definition) is 0. The Morgan fingerprint density at radius 2 is 1.53 bits per heavy atom. The lowest BCUT2D eigenvalue weighted by Gasteiger charge is -2.38. The summed E-state index contributed by atoms with van der Waals surface area (Å²) in [6.07, 6.45) is 1.69. The van der Waals surface area contributed by atoms with Crippen molar-refractivity contribution in [3.63, 3.8) is 0 Å². The second kappa shape index (κ2) is 4.28. The highest BCUT2D eigenvalue weighted by atomic mass is 35.5. The standard InChI is InChI=1S/C6H3Cl5N2O4/c7-3-1-2-4(8,12(14)15)6(11,13(16)17)5(3,9)10/h1-3H. The summed E-state index contributed by atoms with van der Waals surface area (Å²) in [7, 11) is 0. The summed E-state index contributed by atoms with van der Waals surface area (Å²) >= 11 is 28.2. The van der Waals surface area contributed by atoms with Crippen LogP contribution in [-0.2, 0) is 0 Å². The summed E-state index contributed by atoms with van der Waals surface area (Å²) in [5.74, 6) is 0. The van der Waals surface area contributed by atoms with Crippen molar-refractivity contribution in [2.45, 2.75) is 19.7 Å². The van der Waals surface area contributed by atoms with Gasteiger partial charge in [-0.05, 0) is 23.2 Å². The zero-order valence-corrected chi connectivity index (χ0v) is 11.4. The first kappa shape index (κ1) is 15.0. The molecule has 0 saturated heterocycles. The fourth-order valence-electron chi connectivity index (χ4n) is 1.29. The summed E-state index contributed by atoms with van der Waals surface area (Å²) in [5, 5.41) is 20.5. The highest BCUT2D eigenvalue weighted by Gasteiger charge is 2.81. The fraction of sp³-hybridized carbons (Fsp3) is 0.667. The van der Waals surface area contributed by atoms with Gasteiger partial charge in [-0.2, -0.15) is 0 Å². The molecule has 96 valence electrons. The molecule has 0 heterocycles. The van der Waals surface area contributed by atoms with Gasteiger partial charge in [0.15, 0.2) is 0 Å². The average molecular weight is 344 g/mol. The molecule has 0 bridgehead atoms. The average Bonchev–Trinajstić information content (AvgIpc) is 2.21. The Labute approximate surface area is 120 Å². The van der Waals surface area contributed by atoms with E-state index in [1.165, 1.54) is 0 Å². The summed E-state index contributed by atoms with van der Waals surface area (Å²) < 4.78 is -2.46. The van der Waals surface area contributed by atoms with Gasteiger partial charge in [0.1, 0.15) is 0 Å². The molecule has 0 amide bonds. The van der Waals surface area contributed by atoms with Crippen LogP contribution in [0.15, 0.2) is 12.2 Å². The molecule has 0 aromatic heterocycles. The third kappa shape index (κ3) is 1.77. The SMILES string of the molecule is O=[N+]([O-])C1(Cl)C=CC(Cl)C(Cl)(Cl)C1(Cl)[N+](=O)[O-]. The van der Waals surface area contributed by atoms with E-state index in [0.717, 1.165) is 6.08 Å². The van der Waals surface area contributed by atoms with Gasteiger partial charge in [-0.3, -0.25) is 20.2 Å². The zero-order valence-electron chi connectivity index (χ0n) is 7.65. The van der Waals surface area contributed by atoms with Gasteiger partial charge in [0.2, 0.25) is 4.33 Å². The van der Waals surface area contributed by atoms with Crippen LogP contribution in [0, 0.1) is 20.2 Å². The number of allylic oxidation sites excluding steroid dienone is 1. The maximum atomic E-state index is 11.0. The molecule has 1 aliphatic rings. The van der Waals surface area contributed by atoms with Gasteiger partial charge >= 0.3 is 10.00 Å². The molecule has 0 spiro atoms. The highest BCUT2D eigenvalue weighted by Crippen LogP contribution is 2.56. The van der Waals surface area contributed by atoms with Crippen LogP contribution in [0.5, 0.6) is 0 Å². The van der Waals surface area contributed by atoms with E-state index in [0.29, 0.717) is 6.08 Å². The molecule has 1 aliphatic carbocycles. The van der Waals surface area contributed by atoms with Crippen LogP contribution < -0.4 is 0 Å². The fourth-order valence-corrected chi connectivity index (χ4v) is 2.79. The highest BCUT2D eigenvalue weighted by molar-refractivity contribution is 6.58. The van der Waals surface area contributed by atoms with Gasteiger partial charge in [0.25, 0.3) is 0 Å². The summed E-state index contributed by atoms with van der Waals surface area (Å²) in [6, 6.07) is 0. The summed E-state index contributed by atoms with van der Waals surface area (Å²) in [5.41, 5.74) is 0. The molecular formula is C6H3Cl5N2O4. The van der Waals surface area contributed by atoms with E-state index in [-0.39, 0.29) is 0 Å². The minimum absolute atomic E-state index is 0.699. The Hall–Kier alpha value is -0.0100. The van der Waals surface area contributed by atoms with Gasteiger partial charge < -0.3 is 0 Å². The van der Waals surface area contributed by atoms with Gasteiger partial charge in [0, 0.05) is 6.08 Å². The minimum atomic E-state index is -3.00. The molecule has 17 heavy (non-hydrogen) atoms. The number of halogens is 5. The topological polar surface area (TPSA) is 86.3 Å². The van der Waals surface area contributed by atoms with Gasteiger partial charge in [-0.1, -0.05) is 29.3 Å². The molecular weight excluding hydrogens is 341 g/mol. The molecule has 0 fully saturated rings. The second-order valence-corrected chi connectivity index (χ2v) is 6.17. The molecule has 0 aromatic rings. The molecule has 0 aromatic carbocycles. The van der Waals surface area contributed by atoms with E-state index in [2.05, 4.69) is 0 Å². The molecule has 6 nitrogen and oxygen atoms in total. The van der Waals surface area contributed by atoms with E-state index in [9.17, 15) is 20.2 Å². The van der Waals surface area contributed by atoms with E-state index >= 15 is 0 Å². The van der Waals surface area contributed by atoms with Crippen molar-refractivity contribution in [3.8, 4) is 0 Å². The van der Waals surface area contributed by atoms with E-state index < -0.39 is 29.6 Å². The van der Waals surface area contributed by atoms with Crippen molar-refractivity contribution >= 4 is 58.0 Å². The van der Waals surface area contributed by atoms with Crippen LogP contribution in [-0.4, -0.2) is 29.6 Å². The zero-order chi connectivity index (χ0) is 13.6. The normalized spacial score (nSPS) is 39.9. The van der Waals surface area contributed by atoms with Crippen molar-refractivity contribution in [3.05, 3.63) is 32.4 Å². The van der Waals surface area contributed by atoms with Crippen LogP contribution in [0.2, 0.25) is 0 Å². The maximum absolute atomic E-state index is 11.0. The lowest BCUT2D eigenvalue weighted by atomic mass is 9.94. The van der Waals surface area contributed by atoms with Crippen molar-refractivity contribution in [2.75, 3.05) is 0 Å². The lowest BCUT2D eigenvalue weighted by Crippen LogP contribution is -2.68. The predicted octanol–water partition coefficient (Wildman–Crippen LogP) is 2.76. The number of nitro groups is 2. The minimum Gasteiger partial charge on any atom is -0.262 e. The van der Waals surface area contributed by atoms with Crippen molar-refractivity contribution in [2.24, 2.45) is 0 Å². The van der Waals surface area contributed by atoms with Crippen LogP contribution in [0.3, 0.4) is 0 Å². The maximum Gasteiger partial charge on any atom is 0.416 e. The first-order chi connectivity index (χ1) is 7.51. The first-order valence-electron chi connectivity index (χ1n) is 3.90. The van der Waals surface area contributed by atoms with Gasteiger partial charge in [-0.15, -0.1) is 11.6 Å². The Balaban J connectivity index is 3.59. The molecule has 3 unspecified atom stereocenters. The molecule has 0 radical (unpaired) electrons. The first-order valence-corrected chi connectivity index (χ1v) is 5.84. The Morgan fingerprint density at radius 1 is 1.06 bits per heavy atom. The molecule has 0 aliphatic heterocycles. The summed E-state index contributed by atoms with van der Waals surface area (Å²) in [6.45, 7) is 0. The Morgan fingerprint density at radius 3 is 1.88 bits per heavy atom. The molecule has 1 rings (SSSR count). The predicted molar refractivity (Wildman–Crippen MR) is 64.4 cm³/mol. The van der Waals surface area contributed by atoms with Crippen LogP contribution >= 0.6 is 58.0 Å². The van der Waals surface area contributed by atoms with E-state index in [4.69, 9.17) is 58.0 Å². The Kier molecular flexibility index (Phi) is 3.78. The van der Waals surface area contributed by atoms with Crippen molar-refractivity contribution in [1.82, 2.24) is 0 Å². The quantitative estimate of drug-likeness (QED) is 0.253. The lowest BCUT2D eigenvalue weighted by molar-refractivity contribution is -0.639. The van der Waals surface area contributed by atoms with Gasteiger partial charge in [0.05, 0.1) is 15.2 Å². The number of hydrogen-bond acceptors (Lipinski definition) is 4. The smallest absolute Gasteiger partial charge is 0.262 e. The molecule has 0 N–H and O–H groups in total. The van der Waals surface area contributed by atoms with Crippen LogP contribution in [0.4, 0.5) is 0 Å². The van der Waals surface area contributed by atoms with E-state index in [1.807, 2.05) is 0 Å². The molecule has 11 heteroatoms. The Bertz CT molecular complexity index is 415. The van der Waals surface area contributed by atoms with Crippen LogP contribution in [0.1, 0.15) is 0 Å². The second-order valence-electron chi connectivity index (χ2n) is 3.19. The van der Waals surface area contributed by atoms with Crippen molar-refractivity contribution in [1.29, 1.82) is 0 Å². The third-order valence-corrected chi connectivity index (χ3v) is 5.52. The largest absolute Gasteiger partial charge is 0.416 e. The number of alkyl halides is 5. The monoisotopic (exact) mass is 342 g/mol. The van der Waals surface area contributed by atoms with Crippen LogP contribution in [0.25, 0.3) is 0 Å².